The maximum Gasteiger partial charge on any atom is 0.573 e. The largest absolute Gasteiger partial charge is 0.573 e. The van der Waals surface area contributed by atoms with Crippen molar-refractivity contribution in [3.8, 4) is 16.3 Å². The fourth-order valence-electron chi connectivity index (χ4n) is 2.10. The highest BCUT2D eigenvalue weighted by Crippen LogP contribution is 2.36. The quantitative estimate of drug-likeness (QED) is 0.655. The number of anilines is 2. The van der Waals surface area contributed by atoms with Gasteiger partial charge < -0.3 is 10.1 Å². The molecule has 0 amide bonds. The van der Waals surface area contributed by atoms with Crippen LogP contribution >= 0.6 is 22.7 Å². The first-order valence-electron chi connectivity index (χ1n) is 6.83. The number of aromatic nitrogens is 2. The van der Waals surface area contributed by atoms with Crippen LogP contribution in [0.4, 0.5) is 24.0 Å². The Morgan fingerprint density at radius 3 is 2.54 bits per heavy atom. The SMILES string of the molecule is Cc1nc(C)c(-c2csc(Nc3ccccc3OC(F)(F)F)n2)s1. The lowest BCUT2D eigenvalue weighted by Gasteiger charge is -2.13. The van der Waals surface area contributed by atoms with Gasteiger partial charge in [0.25, 0.3) is 0 Å². The lowest BCUT2D eigenvalue weighted by Crippen LogP contribution is -2.17. The number of hydrogen-bond acceptors (Lipinski definition) is 6. The fourth-order valence-corrected chi connectivity index (χ4v) is 3.77. The third kappa shape index (κ3) is 3.85. The molecule has 0 aliphatic rings. The second-order valence-corrected chi connectivity index (χ2v) is 6.92. The van der Waals surface area contributed by atoms with Crippen LogP contribution in [0.3, 0.4) is 0 Å². The molecule has 0 saturated carbocycles. The monoisotopic (exact) mass is 371 g/mol. The molecule has 0 spiro atoms. The Kier molecular flexibility index (Phi) is 4.46. The van der Waals surface area contributed by atoms with Crippen LogP contribution in [0.25, 0.3) is 10.6 Å². The standard InChI is InChI=1S/C15H12F3N3OS2/c1-8-13(24-9(2)19-8)11-7-23-14(21-11)20-10-5-3-4-6-12(10)22-15(16,17)18/h3-7H,1-2H3,(H,20,21). The second kappa shape index (κ2) is 6.40. The molecule has 0 bridgehead atoms. The smallest absolute Gasteiger partial charge is 0.404 e. The average molecular weight is 371 g/mol. The molecule has 0 unspecified atom stereocenters. The Labute approximate surface area is 144 Å². The summed E-state index contributed by atoms with van der Waals surface area (Å²) in [6.45, 7) is 3.81. The van der Waals surface area contributed by atoms with Crippen LogP contribution in [0, 0.1) is 13.8 Å². The van der Waals surface area contributed by atoms with E-state index < -0.39 is 6.36 Å². The van der Waals surface area contributed by atoms with E-state index in [0.717, 1.165) is 21.3 Å². The predicted molar refractivity (Wildman–Crippen MR) is 89.1 cm³/mol. The maximum atomic E-state index is 12.5. The number of nitrogens with one attached hydrogen (secondary N) is 1. The van der Waals surface area contributed by atoms with Gasteiger partial charge in [0.2, 0.25) is 0 Å². The second-order valence-electron chi connectivity index (χ2n) is 4.85. The molecule has 4 nitrogen and oxygen atoms in total. The van der Waals surface area contributed by atoms with Crippen LogP contribution in [-0.2, 0) is 0 Å². The van der Waals surface area contributed by atoms with Gasteiger partial charge in [-0.25, -0.2) is 9.97 Å². The van der Waals surface area contributed by atoms with Crippen LogP contribution in [0.15, 0.2) is 29.6 Å². The molecule has 1 aromatic carbocycles. The molecule has 9 heteroatoms. The van der Waals surface area contributed by atoms with Crippen molar-refractivity contribution in [2.75, 3.05) is 5.32 Å². The summed E-state index contributed by atoms with van der Waals surface area (Å²) in [5.74, 6) is -0.299. The van der Waals surface area contributed by atoms with E-state index in [0.29, 0.717) is 5.13 Å². The molecule has 0 atom stereocenters. The normalized spacial score (nSPS) is 11.5. The van der Waals surface area contributed by atoms with Crippen LogP contribution in [0.2, 0.25) is 0 Å². The van der Waals surface area contributed by atoms with E-state index in [1.807, 2.05) is 19.2 Å². The van der Waals surface area contributed by atoms with Gasteiger partial charge in [-0.15, -0.1) is 35.8 Å². The number of nitrogens with zero attached hydrogens (tertiary/aromatic N) is 2. The Morgan fingerprint density at radius 2 is 1.88 bits per heavy atom. The molecule has 24 heavy (non-hydrogen) atoms. The summed E-state index contributed by atoms with van der Waals surface area (Å²) >= 11 is 2.83. The number of benzene rings is 1. The summed E-state index contributed by atoms with van der Waals surface area (Å²) in [6, 6.07) is 5.85. The van der Waals surface area contributed by atoms with E-state index >= 15 is 0 Å². The molecule has 3 aromatic rings. The van der Waals surface area contributed by atoms with Crippen molar-refractivity contribution in [1.29, 1.82) is 0 Å². The highest BCUT2D eigenvalue weighted by Gasteiger charge is 2.32. The van der Waals surface area contributed by atoms with E-state index in [1.165, 1.54) is 40.9 Å². The number of ether oxygens (including phenoxy) is 1. The van der Waals surface area contributed by atoms with E-state index in [9.17, 15) is 13.2 Å². The van der Waals surface area contributed by atoms with Crippen LogP contribution < -0.4 is 10.1 Å². The number of aryl methyl sites for hydroxylation is 2. The van der Waals surface area contributed by atoms with Gasteiger partial charge in [0.05, 0.1) is 27.0 Å². The number of halogens is 3. The molecule has 2 heterocycles. The van der Waals surface area contributed by atoms with Crippen molar-refractivity contribution < 1.29 is 17.9 Å². The van der Waals surface area contributed by atoms with Crippen molar-refractivity contribution in [3.05, 3.63) is 40.3 Å². The molecule has 1 N–H and O–H groups in total. The first-order chi connectivity index (χ1) is 11.3. The fraction of sp³-hybridized carbons (Fsp3) is 0.200. The Hall–Kier alpha value is -2.13. The number of thiazole rings is 2. The lowest BCUT2D eigenvalue weighted by atomic mass is 10.3. The van der Waals surface area contributed by atoms with Crippen LogP contribution in [0.1, 0.15) is 10.7 Å². The Balaban J connectivity index is 1.84. The zero-order valence-corrected chi connectivity index (χ0v) is 14.3. The summed E-state index contributed by atoms with van der Waals surface area (Å²) < 4.78 is 41.4. The molecular formula is C15H12F3N3OS2. The van der Waals surface area contributed by atoms with Crippen LogP contribution in [0.5, 0.6) is 5.75 Å². The number of hydrogen-bond donors (Lipinski definition) is 1. The highest BCUT2D eigenvalue weighted by molar-refractivity contribution is 7.16. The topological polar surface area (TPSA) is 47.0 Å². The minimum absolute atomic E-state index is 0.202. The Bertz CT molecular complexity index is 858. The predicted octanol–water partition coefficient (Wildman–Crippen LogP) is 5.53. The zero-order chi connectivity index (χ0) is 17.3. The van der Waals surface area contributed by atoms with Crippen molar-refractivity contribution in [2.45, 2.75) is 20.2 Å². The van der Waals surface area contributed by atoms with Gasteiger partial charge in [-0.3, -0.25) is 0 Å². The Morgan fingerprint density at radius 1 is 1.12 bits per heavy atom. The van der Waals surface area contributed by atoms with Gasteiger partial charge >= 0.3 is 6.36 Å². The third-order valence-corrected chi connectivity index (χ3v) is 4.85. The van der Waals surface area contributed by atoms with E-state index in [1.54, 1.807) is 6.07 Å². The first kappa shape index (κ1) is 16.7. The lowest BCUT2D eigenvalue weighted by molar-refractivity contribution is -0.274. The summed E-state index contributed by atoms with van der Waals surface area (Å²) in [7, 11) is 0. The molecule has 2 aromatic heterocycles. The van der Waals surface area contributed by atoms with Gasteiger partial charge in [0.15, 0.2) is 10.9 Å². The first-order valence-corrected chi connectivity index (χ1v) is 8.53. The molecule has 3 rings (SSSR count). The molecule has 0 aliphatic carbocycles. The van der Waals surface area contributed by atoms with Gasteiger partial charge in [-0.05, 0) is 26.0 Å². The summed E-state index contributed by atoms with van der Waals surface area (Å²) in [5.41, 5.74) is 1.84. The average Bonchev–Trinajstić information content (AvgIpc) is 3.06. The molecule has 0 radical (unpaired) electrons. The molecule has 0 aliphatic heterocycles. The molecule has 0 fully saturated rings. The maximum absolute atomic E-state index is 12.5. The third-order valence-electron chi connectivity index (χ3n) is 2.99. The van der Waals surface area contributed by atoms with E-state index in [-0.39, 0.29) is 11.4 Å². The number of rotatable bonds is 4. The van der Waals surface area contributed by atoms with Crippen LogP contribution in [-0.4, -0.2) is 16.3 Å². The molecular weight excluding hydrogens is 359 g/mol. The molecule has 126 valence electrons. The minimum Gasteiger partial charge on any atom is -0.404 e. The number of para-hydroxylation sites is 2. The van der Waals surface area contributed by atoms with Gasteiger partial charge in [-0.1, -0.05) is 12.1 Å². The van der Waals surface area contributed by atoms with Gasteiger partial charge in [0.1, 0.15) is 0 Å². The molecule has 0 saturated heterocycles. The summed E-state index contributed by atoms with van der Waals surface area (Å²) in [4.78, 5) is 9.74. The summed E-state index contributed by atoms with van der Waals surface area (Å²) in [5, 5.41) is 6.14. The van der Waals surface area contributed by atoms with Gasteiger partial charge in [-0.2, -0.15) is 0 Å². The minimum atomic E-state index is -4.75. The zero-order valence-electron chi connectivity index (χ0n) is 12.6. The highest BCUT2D eigenvalue weighted by atomic mass is 32.1. The van der Waals surface area contributed by atoms with E-state index in [4.69, 9.17) is 0 Å². The van der Waals surface area contributed by atoms with Crippen molar-refractivity contribution in [1.82, 2.24) is 9.97 Å². The van der Waals surface area contributed by atoms with Crippen molar-refractivity contribution in [2.24, 2.45) is 0 Å². The van der Waals surface area contributed by atoms with Gasteiger partial charge in [0, 0.05) is 5.38 Å². The number of alkyl halides is 3. The van der Waals surface area contributed by atoms with Crippen molar-refractivity contribution >= 4 is 33.5 Å². The summed E-state index contributed by atoms with van der Waals surface area (Å²) in [6.07, 6.45) is -4.75. The van der Waals surface area contributed by atoms with Crippen molar-refractivity contribution in [3.63, 3.8) is 0 Å². The van der Waals surface area contributed by atoms with E-state index in [2.05, 4.69) is 20.0 Å².